The van der Waals surface area contributed by atoms with Gasteiger partial charge in [0.1, 0.15) is 5.82 Å². The molecule has 17 heavy (non-hydrogen) atoms. The standard InChI is InChI=1S/C10H15Cl2N5/c1-16-2-4-17(5-3-16)10-8(12)6-7(11)9(14-10)15-13/h6H,2-5,13H2,1H3,(H,14,15). The molecule has 0 radical (unpaired) electrons. The summed E-state index contributed by atoms with van der Waals surface area (Å²) in [7, 11) is 2.10. The van der Waals surface area contributed by atoms with E-state index in [2.05, 4.69) is 27.3 Å². The van der Waals surface area contributed by atoms with Crippen LogP contribution in [0.1, 0.15) is 0 Å². The largest absolute Gasteiger partial charge is 0.353 e. The normalized spacial score (nSPS) is 17.3. The van der Waals surface area contributed by atoms with Crippen LogP contribution < -0.4 is 16.2 Å². The zero-order valence-corrected chi connectivity index (χ0v) is 11.1. The highest BCUT2D eigenvalue weighted by Crippen LogP contribution is 2.31. The van der Waals surface area contributed by atoms with Crippen molar-refractivity contribution in [2.45, 2.75) is 0 Å². The molecule has 0 unspecified atom stereocenters. The van der Waals surface area contributed by atoms with Crippen molar-refractivity contribution in [3.8, 4) is 0 Å². The van der Waals surface area contributed by atoms with Crippen molar-refractivity contribution < 1.29 is 0 Å². The van der Waals surface area contributed by atoms with E-state index in [1.54, 1.807) is 6.07 Å². The molecule has 0 aliphatic carbocycles. The molecule has 3 N–H and O–H groups in total. The average Bonchev–Trinajstić information content (AvgIpc) is 2.31. The summed E-state index contributed by atoms with van der Waals surface area (Å²) in [5.41, 5.74) is 2.47. The smallest absolute Gasteiger partial charge is 0.161 e. The number of hydrogen-bond donors (Lipinski definition) is 2. The molecular weight excluding hydrogens is 261 g/mol. The highest BCUT2D eigenvalue weighted by molar-refractivity contribution is 6.37. The van der Waals surface area contributed by atoms with Gasteiger partial charge < -0.3 is 15.2 Å². The van der Waals surface area contributed by atoms with E-state index in [4.69, 9.17) is 29.0 Å². The van der Waals surface area contributed by atoms with Gasteiger partial charge in [-0.3, -0.25) is 0 Å². The van der Waals surface area contributed by atoms with Gasteiger partial charge in [-0.05, 0) is 13.1 Å². The van der Waals surface area contributed by atoms with Crippen LogP contribution in [-0.4, -0.2) is 43.1 Å². The summed E-state index contributed by atoms with van der Waals surface area (Å²) in [6.07, 6.45) is 0. The second-order valence-electron chi connectivity index (χ2n) is 4.06. The molecule has 1 aliphatic rings. The quantitative estimate of drug-likeness (QED) is 0.632. The van der Waals surface area contributed by atoms with E-state index < -0.39 is 0 Å². The van der Waals surface area contributed by atoms with E-state index in [0.29, 0.717) is 15.9 Å². The summed E-state index contributed by atoms with van der Waals surface area (Å²) in [4.78, 5) is 8.75. The van der Waals surface area contributed by atoms with Gasteiger partial charge in [-0.15, -0.1) is 0 Å². The molecule has 94 valence electrons. The predicted molar refractivity (Wildman–Crippen MR) is 71.8 cm³/mol. The van der Waals surface area contributed by atoms with Crippen molar-refractivity contribution >= 4 is 34.8 Å². The average molecular weight is 276 g/mol. The molecule has 0 atom stereocenters. The van der Waals surface area contributed by atoms with E-state index in [-0.39, 0.29) is 0 Å². The van der Waals surface area contributed by atoms with E-state index in [9.17, 15) is 0 Å². The minimum absolute atomic E-state index is 0.426. The van der Waals surface area contributed by atoms with E-state index in [1.165, 1.54) is 0 Å². The topological polar surface area (TPSA) is 57.4 Å². The van der Waals surface area contributed by atoms with Crippen LogP contribution in [0.4, 0.5) is 11.6 Å². The molecule has 0 bridgehead atoms. The zero-order chi connectivity index (χ0) is 12.4. The second-order valence-corrected chi connectivity index (χ2v) is 4.87. The van der Waals surface area contributed by atoms with Crippen molar-refractivity contribution in [1.29, 1.82) is 0 Å². The fourth-order valence-corrected chi connectivity index (χ4v) is 2.33. The number of piperazine rings is 1. The molecule has 2 heterocycles. The maximum Gasteiger partial charge on any atom is 0.161 e. The lowest BCUT2D eigenvalue weighted by Crippen LogP contribution is -2.45. The highest BCUT2D eigenvalue weighted by atomic mass is 35.5. The first-order valence-electron chi connectivity index (χ1n) is 5.38. The first-order valence-corrected chi connectivity index (χ1v) is 6.13. The molecule has 2 rings (SSSR count). The van der Waals surface area contributed by atoms with E-state index in [1.807, 2.05) is 0 Å². The second kappa shape index (κ2) is 5.27. The fourth-order valence-electron chi connectivity index (χ4n) is 1.80. The van der Waals surface area contributed by atoms with Gasteiger partial charge in [0.05, 0.1) is 10.0 Å². The predicted octanol–water partition coefficient (Wildman–Crippen LogP) is 1.43. The fraction of sp³-hybridized carbons (Fsp3) is 0.500. The Morgan fingerprint density at radius 2 is 1.88 bits per heavy atom. The Bertz CT molecular complexity index is 404. The summed E-state index contributed by atoms with van der Waals surface area (Å²) in [6.45, 7) is 3.78. The first-order chi connectivity index (χ1) is 8.11. The third kappa shape index (κ3) is 2.74. The molecule has 7 heteroatoms. The van der Waals surface area contributed by atoms with Gasteiger partial charge in [0.25, 0.3) is 0 Å². The number of hydrogen-bond acceptors (Lipinski definition) is 5. The van der Waals surface area contributed by atoms with Crippen LogP contribution in [0, 0.1) is 0 Å². The minimum Gasteiger partial charge on any atom is -0.353 e. The van der Waals surface area contributed by atoms with E-state index >= 15 is 0 Å². The Kier molecular flexibility index (Phi) is 3.93. The Balaban J connectivity index is 2.25. The lowest BCUT2D eigenvalue weighted by atomic mass is 10.3. The van der Waals surface area contributed by atoms with Gasteiger partial charge in [0.15, 0.2) is 5.82 Å². The molecule has 1 aromatic heterocycles. The van der Waals surface area contributed by atoms with Gasteiger partial charge in [0, 0.05) is 26.2 Å². The molecule has 1 aromatic rings. The van der Waals surface area contributed by atoms with Crippen molar-refractivity contribution in [3.05, 3.63) is 16.1 Å². The SMILES string of the molecule is CN1CCN(c2nc(NN)c(Cl)cc2Cl)CC1. The van der Waals surface area contributed by atoms with Gasteiger partial charge >= 0.3 is 0 Å². The molecule has 1 fully saturated rings. The van der Waals surface area contributed by atoms with Crippen LogP contribution in [0.5, 0.6) is 0 Å². The lowest BCUT2D eigenvalue weighted by Gasteiger charge is -2.33. The monoisotopic (exact) mass is 275 g/mol. The summed E-state index contributed by atoms with van der Waals surface area (Å²) < 4.78 is 0. The van der Waals surface area contributed by atoms with Crippen LogP contribution in [0.2, 0.25) is 10.0 Å². The Labute approximate surface area is 110 Å². The molecule has 1 saturated heterocycles. The molecule has 0 aromatic carbocycles. The highest BCUT2D eigenvalue weighted by Gasteiger charge is 2.19. The van der Waals surface area contributed by atoms with E-state index in [0.717, 1.165) is 32.0 Å². The Morgan fingerprint density at radius 3 is 2.47 bits per heavy atom. The van der Waals surface area contributed by atoms with Gasteiger partial charge in [-0.25, -0.2) is 10.8 Å². The summed E-state index contributed by atoms with van der Waals surface area (Å²) >= 11 is 12.1. The maximum absolute atomic E-state index is 6.16. The molecule has 5 nitrogen and oxygen atoms in total. The van der Waals surface area contributed by atoms with Gasteiger partial charge in [-0.1, -0.05) is 23.2 Å². The molecule has 1 aliphatic heterocycles. The Morgan fingerprint density at radius 1 is 1.24 bits per heavy atom. The number of anilines is 2. The van der Waals surface area contributed by atoms with Crippen molar-refractivity contribution in [2.75, 3.05) is 43.6 Å². The van der Waals surface area contributed by atoms with Crippen LogP contribution in [0.15, 0.2) is 6.07 Å². The van der Waals surface area contributed by atoms with Crippen LogP contribution in [0.25, 0.3) is 0 Å². The number of likely N-dealkylation sites (N-methyl/N-ethyl adjacent to an activating group) is 1. The zero-order valence-electron chi connectivity index (χ0n) is 9.58. The molecule has 0 spiro atoms. The van der Waals surface area contributed by atoms with Crippen LogP contribution >= 0.6 is 23.2 Å². The number of hydrazine groups is 1. The number of nitrogens with zero attached hydrogens (tertiary/aromatic N) is 3. The Hall–Kier alpha value is -0.750. The molecule has 0 saturated carbocycles. The van der Waals surface area contributed by atoms with Crippen molar-refractivity contribution in [2.24, 2.45) is 5.84 Å². The number of pyridine rings is 1. The maximum atomic E-state index is 6.16. The number of nitrogen functional groups attached to an aromatic ring is 1. The third-order valence-corrected chi connectivity index (χ3v) is 3.42. The van der Waals surface area contributed by atoms with Crippen molar-refractivity contribution in [1.82, 2.24) is 9.88 Å². The number of aromatic nitrogens is 1. The van der Waals surface area contributed by atoms with Gasteiger partial charge in [-0.2, -0.15) is 0 Å². The van der Waals surface area contributed by atoms with Gasteiger partial charge in [0.2, 0.25) is 0 Å². The summed E-state index contributed by atoms with van der Waals surface area (Å²) in [5.74, 6) is 6.54. The van der Waals surface area contributed by atoms with Crippen molar-refractivity contribution in [3.63, 3.8) is 0 Å². The minimum atomic E-state index is 0.426. The van der Waals surface area contributed by atoms with Crippen LogP contribution in [0.3, 0.4) is 0 Å². The number of nitrogens with one attached hydrogen (secondary N) is 1. The molecule has 0 amide bonds. The summed E-state index contributed by atoms with van der Waals surface area (Å²) in [5, 5.41) is 0.980. The first kappa shape index (κ1) is 12.7. The third-order valence-electron chi connectivity index (χ3n) is 2.85. The summed E-state index contributed by atoms with van der Waals surface area (Å²) in [6, 6.07) is 1.67. The lowest BCUT2D eigenvalue weighted by molar-refractivity contribution is 0.312. The number of nitrogens with two attached hydrogens (primary N) is 1. The van der Waals surface area contributed by atoms with Crippen LogP contribution in [-0.2, 0) is 0 Å². The number of halogens is 2. The molecular formula is C10H15Cl2N5. The number of rotatable bonds is 2.